The van der Waals surface area contributed by atoms with Crippen LogP contribution in [0.5, 0.6) is 5.75 Å². The van der Waals surface area contributed by atoms with Gasteiger partial charge in [-0.1, -0.05) is 48.5 Å². The average Bonchev–Trinajstić information content (AvgIpc) is 3.16. The van der Waals surface area contributed by atoms with Gasteiger partial charge in [0, 0.05) is 53.0 Å². The molecule has 0 bridgehead atoms. The highest BCUT2D eigenvalue weighted by Crippen LogP contribution is 2.38. The maximum Gasteiger partial charge on any atom is 0.303 e. The second-order valence-electron chi connectivity index (χ2n) is 13.6. The molecule has 2 aromatic rings. The number of allylic oxidation sites excluding steroid dienone is 1. The molecule has 1 N–H and O–H groups in total. The van der Waals surface area contributed by atoms with Gasteiger partial charge in [-0.2, -0.15) is 0 Å². The van der Waals surface area contributed by atoms with Crippen LogP contribution in [0, 0.1) is 5.92 Å². The van der Waals surface area contributed by atoms with E-state index in [2.05, 4.69) is 0 Å². The normalized spacial score (nSPS) is 26.2. The van der Waals surface area contributed by atoms with Gasteiger partial charge in [-0.15, -0.1) is 0 Å². The van der Waals surface area contributed by atoms with Crippen LogP contribution in [-0.4, -0.2) is 121 Å². The molecule has 2 aliphatic rings. The molecule has 2 fully saturated rings. The van der Waals surface area contributed by atoms with Crippen molar-refractivity contribution in [3.8, 4) is 5.75 Å². The summed E-state index contributed by atoms with van der Waals surface area (Å²) >= 11 is 0. The standard InChI is InChI=1S/C41H46O19/c1-21(42)51-19-32-35(60-41-39(56-26(6)47)38(55-25(5)46)37(54-24(4)45)33(59-41)20-52-22(2)43)30(18-34(49)50)36(53-23(3)44)40(58-32)57-29-15-12-27(13-16-29)14-17-31(48)28-10-8-7-9-11-28/h7-17,30,32-33,35-41H,18-20H2,1-6H3,(H,49,50)/b17-14+/t30-,32+,33+,35-,36-,37+,38-,39+,40+,41-/m1/s1. The van der Waals surface area contributed by atoms with Gasteiger partial charge in [0.25, 0.3) is 0 Å². The molecule has 2 aromatic carbocycles. The molecule has 324 valence electrons. The van der Waals surface area contributed by atoms with Gasteiger partial charge in [-0.3, -0.25) is 38.4 Å². The topological polar surface area (TPSA) is 249 Å². The first-order valence-corrected chi connectivity index (χ1v) is 18.6. The molecule has 0 saturated carbocycles. The minimum absolute atomic E-state index is 0.156. The molecule has 2 heterocycles. The van der Waals surface area contributed by atoms with Crippen LogP contribution in [0.3, 0.4) is 0 Å². The Bertz CT molecular complexity index is 1890. The molecule has 0 spiro atoms. The van der Waals surface area contributed by atoms with Crippen molar-refractivity contribution in [2.24, 2.45) is 5.92 Å². The molecule has 19 heteroatoms. The Morgan fingerprint density at radius 3 is 1.62 bits per heavy atom. The van der Waals surface area contributed by atoms with Crippen molar-refractivity contribution < 1.29 is 90.8 Å². The van der Waals surface area contributed by atoms with Crippen molar-refractivity contribution >= 4 is 53.6 Å². The minimum Gasteiger partial charge on any atom is -0.481 e. The Labute approximate surface area is 344 Å². The van der Waals surface area contributed by atoms with E-state index in [-0.39, 0.29) is 11.5 Å². The van der Waals surface area contributed by atoms with Crippen LogP contribution in [0.1, 0.15) is 63.9 Å². The summed E-state index contributed by atoms with van der Waals surface area (Å²) in [5.74, 6) is -8.02. The Morgan fingerprint density at radius 1 is 0.583 bits per heavy atom. The fraction of sp³-hybridized carbons (Fsp3) is 0.463. The highest BCUT2D eigenvalue weighted by Gasteiger charge is 2.57. The summed E-state index contributed by atoms with van der Waals surface area (Å²) < 4.78 is 57.3. The van der Waals surface area contributed by atoms with Crippen molar-refractivity contribution in [3.63, 3.8) is 0 Å². The van der Waals surface area contributed by atoms with Gasteiger partial charge in [-0.25, -0.2) is 0 Å². The number of ketones is 1. The molecule has 0 radical (unpaired) electrons. The van der Waals surface area contributed by atoms with E-state index in [1.54, 1.807) is 48.5 Å². The zero-order valence-electron chi connectivity index (χ0n) is 33.5. The quantitative estimate of drug-likeness (QED) is 0.104. The van der Waals surface area contributed by atoms with E-state index >= 15 is 0 Å². The van der Waals surface area contributed by atoms with Gasteiger partial charge < -0.3 is 52.5 Å². The number of hydrogen-bond donors (Lipinski definition) is 1. The molecule has 4 rings (SSSR count). The minimum atomic E-state index is -1.83. The van der Waals surface area contributed by atoms with Crippen molar-refractivity contribution in [1.29, 1.82) is 0 Å². The lowest BCUT2D eigenvalue weighted by molar-refractivity contribution is -0.349. The maximum absolute atomic E-state index is 12.6. The summed E-state index contributed by atoms with van der Waals surface area (Å²) in [5.41, 5.74) is 1.11. The molecular weight excluding hydrogens is 796 g/mol. The number of aliphatic carboxylic acids is 1. The lowest BCUT2D eigenvalue weighted by Gasteiger charge is -2.49. The van der Waals surface area contributed by atoms with Crippen LogP contribution < -0.4 is 4.74 Å². The number of carbonyl (C=O) groups excluding carboxylic acids is 7. The van der Waals surface area contributed by atoms with Crippen LogP contribution in [0.25, 0.3) is 6.08 Å². The lowest BCUT2D eigenvalue weighted by Crippen LogP contribution is -2.66. The van der Waals surface area contributed by atoms with E-state index in [0.29, 0.717) is 11.1 Å². The van der Waals surface area contributed by atoms with E-state index in [4.69, 9.17) is 47.4 Å². The Hall–Kier alpha value is -6.18. The number of benzene rings is 2. The van der Waals surface area contributed by atoms with Crippen molar-refractivity contribution in [3.05, 3.63) is 71.8 Å². The van der Waals surface area contributed by atoms with E-state index in [9.17, 15) is 43.5 Å². The molecule has 0 aromatic heterocycles. The molecular formula is C41H46O19. The number of carbonyl (C=O) groups is 8. The molecule has 2 aliphatic heterocycles. The Balaban J connectivity index is 1.74. The van der Waals surface area contributed by atoms with E-state index < -0.39 is 123 Å². The zero-order chi connectivity index (χ0) is 44.1. The third-order valence-corrected chi connectivity index (χ3v) is 8.81. The number of carboxylic acids is 1. The van der Waals surface area contributed by atoms with E-state index in [1.807, 2.05) is 0 Å². The maximum atomic E-state index is 12.6. The highest BCUT2D eigenvalue weighted by molar-refractivity contribution is 6.06. The first-order valence-electron chi connectivity index (χ1n) is 18.6. The fourth-order valence-corrected chi connectivity index (χ4v) is 6.49. The highest BCUT2D eigenvalue weighted by atomic mass is 16.8. The predicted molar refractivity (Wildman–Crippen MR) is 200 cm³/mol. The zero-order valence-corrected chi connectivity index (χ0v) is 33.5. The number of hydrogen-bond acceptors (Lipinski definition) is 18. The summed E-state index contributed by atoms with van der Waals surface area (Å²) in [4.78, 5) is 98.7. The van der Waals surface area contributed by atoms with Crippen LogP contribution in [0.2, 0.25) is 0 Å². The van der Waals surface area contributed by atoms with Crippen molar-refractivity contribution in [1.82, 2.24) is 0 Å². The van der Waals surface area contributed by atoms with Gasteiger partial charge in [0.05, 0.1) is 12.5 Å². The summed E-state index contributed by atoms with van der Waals surface area (Å²) in [7, 11) is 0. The van der Waals surface area contributed by atoms with Crippen LogP contribution in [-0.2, 0) is 76.2 Å². The van der Waals surface area contributed by atoms with Gasteiger partial charge in [0.2, 0.25) is 6.29 Å². The summed E-state index contributed by atoms with van der Waals surface area (Å²) in [6, 6.07) is 14.9. The summed E-state index contributed by atoms with van der Waals surface area (Å²) in [6.07, 6.45) is -12.1. The molecule has 0 aliphatic carbocycles. The average molecular weight is 843 g/mol. The smallest absolute Gasteiger partial charge is 0.303 e. The monoisotopic (exact) mass is 842 g/mol. The van der Waals surface area contributed by atoms with Crippen molar-refractivity contribution in [2.75, 3.05) is 13.2 Å². The van der Waals surface area contributed by atoms with Gasteiger partial charge >= 0.3 is 41.8 Å². The predicted octanol–water partition coefficient (Wildman–Crippen LogP) is 2.74. The third-order valence-electron chi connectivity index (χ3n) is 8.81. The largest absolute Gasteiger partial charge is 0.481 e. The number of rotatable bonds is 17. The Kier molecular flexibility index (Phi) is 16.8. The van der Waals surface area contributed by atoms with E-state index in [0.717, 1.165) is 41.5 Å². The SMILES string of the molecule is CC(=O)OC[C@@H]1O[C@H](Oc2ccc(/C=C/C(=O)c3ccccc3)cc2)[C@H](OC(C)=O)[C@H](CC(=O)O)[C@H]1O[C@H]1O[C@@H](COC(C)=O)[C@H](OC(C)=O)[C@@H](OC(C)=O)[C@@H]1OC(C)=O. The second kappa shape index (κ2) is 21.7. The first-order chi connectivity index (χ1) is 28.4. The number of ether oxygens (including phenoxy) is 10. The second-order valence-corrected chi connectivity index (χ2v) is 13.6. The number of esters is 6. The first kappa shape index (κ1) is 46.5. The summed E-state index contributed by atoms with van der Waals surface area (Å²) in [5, 5.41) is 10.2. The molecule has 0 unspecified atom stereocenters. The van der Waals surface area contributed by atoms with Gasteiger partial charge in [0.15, 0.2) is 36.5 Å². The van der Waals surface area contributed by atoms with Gasteiger partial charge in [-0.05, 0) is 23.8 Å². The van der Waals surface area contributed by atoms with Gasteiger partial charge in [0.1, 0.15) is 31.2 Å². The molecule has 2 saturated heterocycles. The fourth-order valence-electron chi connectivity index (χ4n) is 6.49. The van der Waals surface area contributed by atoms with Crippen LogP contribution >= 0.6 is 0 Å². The molecule has 10 atom stereocenters. The molecule has 60 heavy (non-hydrogen) atoms. The molecule has 19 nitrogen and oxygen atoms in total. The van der Waals surface area contributed by atoms with Crippen LogP contribution in [0.4, 0.5) is 0 Å². The number of carboxylic acid groups (broad SMARTS) is 1. The summed E-state index contributed by atoms with van der Waals surface area (Å²) in [6.45, 7) is 5.15. The third kappa shape index (κ3) is 13.7. The molecule has 0 amide bonds. The lowest BCUT2D eigenvalue weighted by atomic mass is 9.85. The van der Waals surface area contributed by atoms with Crippen molar-refractivity contribution in [2.45, 2.75) is 103 Å². The van der Waals surface area contributed by atoms with Crippen LogP contribution in [0.15, 0.2) is 60.7 Å². The van der Waals surface area contributed by atoms with E-state index in [1.165, 1.54) is 18.2 Å². The Morgan fingerprint density at radius 2 is 1.08 bits per heavy atom.